The van der Waals surface area contributed by atoms with Crippen LogP contribution in [0.15, 0.2) is 10.1 Å². The van der Waals surface area contributed by atoms with Gasteiger partial charge < -0.3 is 4.98 Å². The summed E-state index contributed by atoms with van der Waals surface area (Å²) >= 11 is 9.44. The van der Waals surface area contributed by atoms with Crippen LogP contribution in [0, 0.1) is 0 Å². The second-order valence-electron chi connectivity index (χ2n) is 2.51. The fourth-order valence-corrected chi connectivity index (χ4v) is 2.63. The van der Waals surface area contributed by atoms with Crippen molar-refractivity contribution in [2.24, 2.45) is 0 Å². The molecule has 0 aromatic carbocycles. The lowest BCUT2D eigenvalue weighted by molar-refractivity contribution is -0.0335. The third-order valence-electron chi connectivity index (χ3n) is 1.25. The summed E-state index contributed by atoms with van der Waals surface area (Å²) in [6.07, 6.45) is 0. The first kappa shape index (κ1) is 15.2. The summed E-state index contributed by atoms with van der Waals surface area (Å²) in [5, 5.41) is -2.51. The van der Waals surface area contributed by atoms with E-state index in [0.717, 1.165) is 0 Å². The van der Waals surface area contributed by atoms with Crippen molar-refractivity contribution >= 4 is 46.7 Å². The lowest BCUT2D eigenvalue weighted by atomic mass is 10.6. The molecule has 0 amide bonds. The van der Waals surface area contributed by atoms with E-state index < -0.39 is 54.6 Å². The van der Waals surface area contributed by atoms with Crippen LogP contribution >= 0.6 is 46.7 Å². The van der Waals surface area contributed by atoms with E-state index in [9.17, 15) is 26.3 Å². The van der Waals surface area contributed by atoms with Gasteiger partial charge in [-0.3, -0.25) is 0 Å². The van der Waals surface area contributed by atoms with Gasteiger partial charge in [-0.15, -0.1) is 0 Å². The van der Waals surface area contributed by atoms with Crippen LogP contribution in [-0.4, -0.2) is 16.0 Å². The topological polar surface area (TPSA) is 15.8 Å². The minimum absolute atomic E-state index is 0.583. The van der Waals surface area contributed by atoms with E-state index in [1.807, 2.05) is 4.98 Å². The molecule has 0 fully saturated rings. The van der Waals surface area contributed by atoms with Gasteiger partial charge in [-0.05, 0) is 0 Å². The van der Waals surface area contributed by atoms with Crippen LogP contribution in [0.2, 0.25) is 10.0 Å². The second-order valence-corrected chi connectivity index (χ2v) is 5.41. The molecule has 0 spiro atoms. The Labute approximate surface area is 109 Å². The maximum absolute atomic E-state index is 12.0. The Morgan fingerprint density at radius 1 is 0.765 bits per heavy atom. The number of aromatic amines is 1. The molecule has 0 saturated heterocycles. The van der Waals surface area contributed by atoms with E-state index in [1.165, 1.54) is 0 Å². The zero-order valence-electron chi connectivity index (χ0n) is 7.34. The first-order valence-corrected chi connectivity index (χ1v) is 5.97. The normalized spacial score (nSPS) is 13.2. The average Bonchev–Trinajstić information content (AvgIpc) is 2.28. The van der Waals surface area contributed by atoms with Gasteiger partial charge in [0.25, 0.3) is 0 Å². The van der Waals surface area contributed by atoms with Gasteiger partial charge in [0.1, 0.15) is 10.1 Å². The molecule has 0 aliphatic rings. The van der Waals surface area contributed by atoms with Gasteiger partial charge in [-0.2, -0.15) is 26.3 Å². The monoisotopic (exact) mass is 335 g/mol. The molecule has 1 aromatic rings. The Morgan fingerprint density at radius 3 is 1.29 bits per heavy atom. The minimum atomic E-state index is -4.67. The van der Waals surface area contributed by atoms with E-state index in [1.54, 1.807) is 0 Å². The molecule has 0 radical (unpaired) electrons. The Bertz CT molecular complexity index is 375. The smallest absolute Gasteiger partial charge is 0.342 e. The van der Waals surface area contributed by atoms with Crippen LogP contribution < -0.4 is 0 Å². The minimum Gasteiger partial charge on any atom is -0.342 e. The molecule has 0 bridgehead atoms. The van der Waals surface area contributed by atoms with Crippen LogP contribution in [0.4, 0.5) is 26.3 Å². The number of rotatable bonds is 2. The third kappa shape index (κ3) is 4.72. The van der Waals surface area contributed by atoms with Crippen molar-refractivity contribution in [3.63, 3.8) is 0 Å². The third-order valence-corrected chi connectivity index (χ3v) is 3.81. The highest BCUT2D eigenvalue weighted by molar-refractivity contribution is 8.01. The Hall–Kier alpha value is 0.140. The van der Waals surface area contributed by atoms with Crippen LogP contribution in [0.1, 0.15) is 0 Å². The number of hydrogen-bond donors (Lipinski definition) is 1. The summed E-state index contributed by atoms with van der Waals surface area (Å²) in [6, 6.07) is 0. The maximum atomic E-state index is 12.0. The summed E-state index contributed by atoms with van der Waals surface area (Å²) in [7, 11) is 0. The first-order valence-electron chi connectivity index (χ1n) is 3.58. The fourth-order valence-electron chi connectivity index (χ4n) is 0.784. The SMILES string of the molecule is FC(F)(F)Sc1[nH]c(SC(F)(F)F)c(Cl)c1Cl. The van der Waals surface area contributed by atoms with Crippen LogP contribution in [0.5, 0.6) is 0 Å². The summed E-state index contributed by atoms with van der Waals surface area (Å²) in [5.74, 6) is 0. The lowest BCUT2D eigenvalue weighted by Gasteiger charge is -2.04. The molecular formula is C6HCl2F6NS2. The molecule has 0 unspecified atom stereocenters. The largest absolute Gasteiger partial charge is 0.447 e. The molecule has 98 valence electrons. The molecule has 1 N–H and O–H groups in total. The van der Waals surface area contributed by atoms with Crippen molar-refractivity contribution in [1.29, 1.82) is 0 Å². The number of thioether (sulfide) groups is 2. The predicted octanol–water partition coefficient (Wildman–Crippen LogP) is 5.55. The van der Waals surface area contributed by atoms with E-state index in [2.05, 4.69) is 0 Å². The van der Waals surface area contributed by atoms with Gasteiger partial charge in [-0.25, -0.2) is 0 Å². The molecule has 0 atom stereocenters. The zero-order chi connectivity index (χ0) is 13.4. The molecule has 1 rings (SSSR count). The predicted molar refractivity (Wildman–Crippen MR) is 54.6 cm³/mol. The van der Waals surface area contributed by atoms with Crippen molar-refractivity contribution in [3.8, 4) is 0 Å². The van der Waals surface area contributed by atoms with Gasteiger partial charge in [-0.1, -0.05) is 23.2 Å². The van der Waals surface area contributed by atoms with Crippen LogP contribution in [-0.2, 0) is 0 Å². The molecule has 1 nitrogen and oxygen atoms in total. The maximum Gasteiger partial charge on any atom is 0.447 e. The number of alkyl halides is 6. The van der Waals surface area contributed by atoms with Gasteiger partial charge in [0.2, 0.25) is 0 Å². The Balaban J connectivity index is 3.00. The highest BCUT2D eigenvalue weighted by Gasteiger charge is 2.36. The molecule has 11 heteroatoms. The quantitative estimate of drug-likeness (QED) is 0.563. The van der Waals surface area contributed by atoms with Gasteiger partial charge in [0.05, 0.1) is 10.0 Å². The van der Waals surface area contributed by atoms with E-state index in [4.69, 9.17) is 23.2 Å². The number of halogens is 8. The van der Waals surface area contributed by atoms with E-state index in [0.29, 0.717) is 0 Å². The molecule has 1 aromatic heterocycles. The van der Waals surface area contributed by atoms with Gasteiger partial charge in [0.15, 0.2) is 0 Å². The van der Waals surface area contributed by atoms with Crippen molar-refractivity contribution in [3.05, 3.63) is 10.0 Å². The van der Waals surface area contributed by atoms with Crippen molar-refractivity contribution in [2.45, 2.75) is 21.1 Å². The molecule has 17 heavy (non-hydrogen) atoms. The summed E-state index contributed by atoms with van der Waals surface area (Å²) in [5.41, 5.74) is -9.34. The lowest BCUT2D eigenvalue weighted by Crippen LogP contribution is -2.00. The first-order chi connectivity index (χ1) is 7.49. The van der Waals surface area contributed by atoms with Crippen LogP contribution in [0.25, 0.3) is 0 Å². The van der Waals surface area contributed by atoms with Crippen molar-refractivity contribution in [1.82, 2.24) is 4.98 Å². The van der Waals surface area contributed by atoms with E-state index >= 15 is 0 Å². The number of nitrogens with one attached hydrogen (secondary N) is 1. The number of H-pyrrole nitrogens is 1. The van der Waals surface area contributed by atoms with Crippen molar-refractivity contribution in [2.75, 3.05) is 0 Å². The Morgan fingerprint density at radius 2 is 1.06 bits per heavy atom. The summed E-state index contributed by atoms with van der Waals surface area (Å²) < 4.78 is 72.1. The van der Waals surface area contributed by atoms with E-state index in [-0.39, 0.29) is 0 Å². The standard InChI is InChI=1S/C6HCl2F6NS2/c7-1-2(8)4(17-6(12,13)14)15-3(1)16-5(9,10)11/h15H. The van der Waals surface area contributed by atoms with Crippen molar-refractivity contribution < 1.29 is 26.3 Å². The number of hydrogen-bond acceptors (Lipinski definition) is 2. The highest BCUT2D eigenvalue weighted by Crippen LogP contribution is 2.48. The summed E-state index contributed by atoms with van der Waals surface area (Å²) in [6.45, 7) is 0. The fraction of sp³-hybridized carbons (Fsp3) is 0.333. The molecular weight excluding hydrogens is 335 g/mol. The van der Waals surface area contributed by atoms with Crippen LogP contribution in [0.3, 0.4) is 0 Å². The van der Waals surface area contributed by atoms with Gasteiger partial charge in [0, 0.05) is 23.5 Å². The summed E-state index contributed by atoms with van der Waals surface area (Å²) in [4.78, 5) is 1.88. The molecule has 1 heterocycles. The van der Waals surface area contributed by atoms with Gasteiger partial charge >= 0.3 is 11.0 Å². The highest BCUT2D eigenvalue weighted by atomic mass is 35.5. The second kappa shape index (κ2) is 5.02. The molecule has 0 saturated carbocycles. The molecule has 0 aliphatic heterocycles. The zero-order valence-corrected chi connectivity index (χ0v) is 10.5. The Kier molecular flexibility index (Phi) is 4.49. The molecule has 0 aliphatic carbocycles. The number of aromatic nitrogens is 1. The average molecular weight is 336 g/mol.